The number of H-pyrrole nitrogens is 1. The third kappa shape index (κ3) is 4.01. The van der Waals surface area contributed by atoms with Gasteiger partial charge >= 0.3 is 6.55 Å². The van der Waals surface area contributed by atoms with Crippen LogP contribution in [0.3, 0.4) is 0 Å². The first-order valence-electron chi connectivity index (χ1n) is 11.8. The normalized spacial score (nSPS) is 22.1. The number of aromatic nitrogens is 5. The second-order valence-electron chi connectivity index (χ2n) is 9.12. The molecule has 0 radical (unpaired) electrons. The van der Waals surface area contributed by atoms with Gasteiger partial charge in [0.2, 0.25) is 0 Å². The van der Waals surface area contributed by atoms with Gasteiger partial charge in [0.1, 0.15) is 17.8 Å². The van der Waals surface area contributed by atoms with E-state index in [1.54, 1.807) is 6.33 Å². The summed E-state index contributed by atoms with van der Waals surface area (Å²) in [4.78, 5) is 14.9. The molecule has 178 valence electrons. The molecule has 0 unspecified atom stereocenters. The van der Waals surface area contributed by atoms with Gasteiger partial charge < -0.3 is 15.0 Å². The molecule has 8 nitrogen and oxygen atoms in total. The average Bonchev–Trinajstić information content (AvgIpc) is 3.50. The van der Waals surface area contributed by atoms with Crippen molar-refractivity contribution in [3.63, 3.8) is 0 Å². The molecule has 0 bridgehead atoms. The van der Waals surface area contributed by atoms with E-state index in [4.69, 9.17) is 4.74 Å². The fourth-order valence-electron chi connectivity index (χ4n) is 5.33. The predicted molar refractivity (Wildman–Crippen MR) is 126 cm³/mol. The van der Waals surface area contributed by atoms with Crippen molar-refractivity contribution in [1.29, 1.82) is 0 Å². The lowest BCUT2D eigenvalue weighted by Crippen LogP contribution is -2.46. The largest absolute Gasteiger partial charge is 0.379 e. The zero-order valence-corrected chi connectivity index (χ0v) is 18.8. The van der Waals surface area contributed by atoms with Crippen LogP contribution in [0.2, 0.25) is 0 Å². The van der Waals surface area contributed by atoms with Crippen molar-refractivity contribution in [3.8, 4) is 11.1 Å². The molecule has 1 aliphatic heterocycles. The van der Waals surface area contributed by atoms with Crippen LogP contribution in [0.1, 0.15) is 32.2 Å². The number of anilines is 1. The quantitative estimate of drug-likeness (QED) is 0.452. The number of alkyl halides is 2. The number of morpholine rings is 1. The Morgan fingerprint density at radius 2 is 1.88 bits per heavy atom. The lowest BCUT2D eigenvalue weighted by Gasteiger charge is -2.39. The summed E-state index contributed by atoms with van der Waals surface area (Å²) >= 11 is 0. The Bertz CT molecular complexity index is 1290. The summed E-state index contributed by atoms with van der Waals surface area (Å²) in [6, 6.07) is 6.83. The van der Waals surface area contributed by atoms with Gasteiger partial charge in [-0.25, -0.2) is 14.6 Å². The highest BCUT2D eigenvalue weighted by atomic mass is 19.3. The first-order valence-corrected chi connectivity index (χ1v) is 11.8. The molecule has 3 aromatic heterocycles. The van der Waals surface area contributed by atoms with Gasteiger partial charge in [0.05, 0.1) is 24.8 Å². The average molecular weight is 468 g/mol. The van der Waals surface area contributed by atoms with E-state index in [9.17, 15) is 8.78 Å². The molecule has 4 heterocycles. The van der Waals surface area contributed by atoms with E-state index in [-0.39, 0.29) is 0 Å². The molecular weight excluding hydrogens is 440 g/mol. The number of nitrogens with zero attached hydrogens (tertiary/aromatic N) is 5. The second-order valence-corrected chi connectivity index (χ2v) is 9.12. The minimum atomic E-state index is -2.66. The van der Waals surface area contributed by atoms with Crippen molar-refractivity contribution in [3.05, 3.63) is 36.9 Å². The summed E-state index contributed by atoms with van der Waals surface area (Å²) in [5.74, 6) is 0.812. The highest BCUT2D eigenvalue weighted by Crippen LogP contribution is 2.34. The van der Waals surface area contributed by atoms with E-state index in [1.807, 2.05) is 18.2 Å². The van der Waals surface area contributed by atoms with E-state index in [0.717, 1.165) is 85.3 Å². The molecule has 10 heteroatoms. The summed E-state index contributed by atoms with van der Waals surface area (Å²) in [5.41, 5.74) is 3.15. The van der Waals surface area contributed by atoms with Crippen molar-refractivity contribution in [2.45, 2.75) is 44.3 Å². The van der Waals surface area contributed by atoms with Crippen LogP contribution < -0.4 is 5.32 Å². The van der Waals surface area contributed by atoms with Gasteiger partial charge in [-0.05, 0) is 43.4 Å². The zero-order chi connectivity index (χ0) is 23.1. The summed E-state index contributed by atoms with van der Waals surface area (Å²) in [7, 11) is 0. The van der Waals surface area contributed by atoms with Gasteiger partial charge in [-0.1, -0.05) is 6.07 Å². The number of ether oxygens (including phenoxy) is 1. The van der Waals surface area contributed by atoms with Crippen molar-refractivity contribution < 1.29 is 13.5 Å². The molecule has 1 saturated carbocycles. The molecule has 2 fully saturated rings. The molecule has 0 spiro atoms. The van der Waals surface area contributed by atoms with Crippen molar-refractivity contribution in [2.24, 2.45) is 0 Å². The van der Waals surface area contributed by atoms with Crippen LogP contribution in [0.15, 0.2) is 36.9 Å². The maximum Gasteiger partial charge on any atom is 0.333 e. The topological polar surface area (TPSA) is 83.9 Å². The van der Waals surface area contributed by atoms with Crippen molar-refractivity contribution in [1.82, 2.24) is 29.6 Å². The maximum atomic E-state index is 13.0. The van der Waals surface area contributed by atoms with E-state index >= 15 is 0 Å². The van der Waals surface area contributed by atoms with Crippen molar-refractivity contribution >= 4 is 27.8 Å². The summed E-state index contributed by atoms with van der Waals surface area (Å²) in [6.07, 6.45) is 8.92. The number of hydrogen-bond acceptors (Lipinski definition) is 6. The number of hydrogen-bond donors (Lipinski definition) is 2. The monoisotopic (exact) mass is 467 g/mol. The van der Waals surface area contributed by atoms with Gasteiger partial charge in [-0.2, -0.15) is 13.9 Å². The van der Waals surface area contributed by atoms with Crippen molar-refractivity contribution in [2.75, 3.05) is 31.6 Å². The van der Waals surface area contributed by atoms with Gasteiger partial charge in [0, 0.05) is 47.8 Å². The van der Waals surface area contributed by atoms with Crippen LogP contribution in [0.25, 0.3) is 33.1 Å². The Labute approximate surface area is 195 Å². The molecular formula is C24H27F2N7O. The summed E-state index contributed by atoms with van der Waals surface area (Å²) in [6.45, 7) is 1.07. The molecule has 6 rings (SSSR count). The molecule has 1 saturated heterocycles. The highest BCUT2D eigenvalue weighted by Gasteiger charge is 2.27. The van der Waals surface area contributed by atoms with E-state index < -0.39 is 6.55 Å². The van der Waals surface area contributed by atoms with Crippen LogP contribution in [0.4, 0.5) is 14.6 Å². The minimum Gasteiger partial charge on any atom is -0.379 e. The fourth-order valence-corrected chi connectivity index (χ4v) is 5.33. The first-order chi connectivity index (χ1) is 16.7. The maximum absolute atomic E-state index is 13.0. The Hall–Kier alpha value is -3.11. The van der Waals surface area contributed by atoms with Crippen LogP contribution in [0, 0.1) is 0 Å². The number of nitrogens with one attached hydrogen (secondary N) is 2. The van der Waals surface area contributed by atoms with Crippen LogP contribution in [-0.4, -0.2) is 68.0 Å². The lowest BCUT2D eigenvalue weighted by molar-refractivity contribution is 0.00791. The standard InChI is InChI=1S/C24H27F2N7O/c25-24(26)33-13-16(12-29-33)15-1-6-20-19(11-15)21-22(27-14-28-23(21)31-20)30-17-2-4-18(5-3-17)32-7-9-34-10-8-32/h1,6,11-14,17-18,24H,2-5,7-10H2,(H2,27,28,30,31)/t17-,18-. The molecule has 2 N–H and O–H groups in total. The lowest BCUT2D eigenvalue weighted by atomic mass is 9.90. The van der Waals surface area contributed by atoms with E-state index in [1.165, 1.54) is 12.4 Å². The molecule has 0 atom stereocenters. The van der Waals surface area contributed by atoms with Gasteiger partial charge in [0.15, 0.2) is 0 Å². The molecule has 1 aliphatic carbocycles. The van der Waals surface area contributed by atoms with Crippen LogP contribution in [-0.2, 0) is 4.74 Å². The Morgan fingerprint density at radius 3 is 2.65 bits per heavy atom. The van der Waals surface area contributed by atoms with Gasteiger partial charge in [-0.15, -0.1) is 0 Å². The highest BCUT2D eigenvalue weighted by molar-refractivity contribution is 6.12. The molecule has 2 aliphatic rings. The molecule has 0 amide bonds. The Balaban J connectivity index is 1.26. The number of aromatic amines is 1. The molecule has 4 aromatic rings. The van der Waals surface area contributed by atoms with E-state index in [0.29, 0.717) is 22.3 Å². The van der Waals surface area contributed by atoms with Gasteiger partial charge in [-0.3, -0.25) is 4.90 Å². The van der Waals surface area contributed by atoms with Crippen LogP contribution >= 0.6 is 0 Å². The number of benzene rings is 1. The predicted octanol–water partition coefficient (Wildman–Crippen LogP) is 4.43. The molecule has 34 heavy (non-hydrogen) atoms. The third-order valence-corrected chi connectivity index (χ3v) is 7.12. The second kappa shape index (κ2) is 8.92. The van der Waals surface area contributed by atoms with Crippen LogP contribution in [0.5, 0.6) is 0 Å². The SMILES string of the molecule is FC(F)n1cc(-c2ccc3[nH]c4ncnc(N[C@H]5CC[C@H](N6CCOCC6)CC5)c4c3c2)cn1. The smallest absolute Gasteiger partial charge is 0.333 e. The number of halogens is 2. The van der Waals surface area contributed by atoms with E-state index in [2.05, 4.69) is 30.3 Å². The first kappa shape index (κ1) is 21.4. The fraction of sp³-hybridized carbons (Fsp3) is 0.458. The third-order valence-electron chi connectivity index (χ3n) is 7.12. The summed E-state index contributed by atoms with van der Waals surface area (Å²) < 4.78 is 32.1. The molecule has 1 aromatic carbocycles. The Morgan fingerprint density at radius 1 is 1.06 bits per heavy atom. The Kier molecular flexibility index (Phi) is 5.62. The number of fused-ring (bicyclic) bond motifs is 3. The zero-order valence-electron chi connectivity index (χ0n) is 18.8. The van der Waals surface area contributed by atoms with Gasteiger partial charge in [0.25, 0.3) is 0 Å². The summed E-state index contributed by atoms with van der Waals surface area (Å²) in [5, 5.41) is 9.33. The number of rotatable bonds is 5. The minimum absolute atomic E-state index is 0.354.